The zero-order chi connectivity index (χ0) is 17.6. The standard InChI is InChI=1S/C20H26N4O2/c25-20(18-4-3-11-26-18)12-16-5-6-17(13-20)24(16)14-15-7-8-21-19(22-15)23-9-1-2-10-23/h3-4,7-8,11,16-17,25H,1-2,5-6,9-10,12-14H2/t16-,17-/m0/s1. The molecular formula is C20H26N4O2. The number of aliphatic hydroxyl groups is 1. The van der Waals surface area contributed by atoms with E-state index in [-0.39, 0.29) is 0 Å². The number of rotatable bonds is 4. The van der Waals surface area contributed by atoms with E-state index in [9.17, 15) is 5.11 Å². The molecule has 26 heavy (non-hydrogen) atoms. The van der Waals surface area contributed by atoms with Crippen LogP contribution in [0.25, 0.3) is 0 Å². The van der Waals surface area contributed by atoms with Gasteiger partial charge in [0.1, 0.15) is 11.4 Å². The fourth-order valence-corrected chi connectivity index (χ4v) is 5.05. The van der Waals surface area contributed by atoms with E-state index in [1.807, 2.05) is 24.4 Å². The summed E-state index contributed by atoms with van der Waals surface area (Å²) in [7, 11) is 0. The van der Waals surface area contributed by atoms with Crippen molar-refractivity contribution in [3.8, 4) is 0 Å². The Morgan fingerprint density at radius 2 is 1.92 bits per heavy atom. The van der Waals surface area contributed by atoms with Gasteiger partial charge in [0, 0.05) is 37.9 Å². The van der Waals surface area contributed by atoms with Crippen molar-refractivity contribution in [1.29, 1.82) is 0 Å². The third-order valence-corrected chi connectivity index (χ3v) is 6.33. The highest BCUT2D eigenvalue weighted by Crippen LogP contribution is 2.46. The number of piperidine rings is 1. The highest BCUT2D eigenvalue weighted by molar-refractivity contribution is 5.31. The summed E-state index contributed by atoms with van der Waals surface area (Å²) >= 11 is 0. The summed E-state index contributed by atoms with van der Waals surface area (Å²) in [5.41, 5.74) is 0.264. The molecule has 0 aliphatic carbocycles. The lowest BCUT2D eigenvalue weighted by molar-refractivity contribution is -0.0729. The van der Waals surface area contributed by atoms with Crippen LogP contribution in [0, 0.1) is 0 Å². The quantitative estimate of drug-likeness (QED) is 0.911. The molecule has 2 bridgehead atoms. The van der Waals surface area contributed by atoms with Crippen molar-refractivity contribution in [2.45, 2.75) is 62.8 Å². The minimum Gasteiger partial charge on any atom is -0.466 e. The van der Waals surface area contributed by atoms with Crippen LogP contribution in [0.15, 0.2) is 35.1 Å². The summed E-state index contributed by atoms with van der Waals surface area (Å²) < 4.78 is 5.53. The molecular weight excluding hydrogens is 328 g/mol. The first-order chi connectivity index (χ1) is 12.7. The normalized spacial score (nSPS) is 31.7. The minimum absolute atomic E-state index is 0.383. The van der Waals surface area contributed by atoms with E-state index in [1.165, 1.54) is 12.8 Å². The second kappa shape index (κ2) is 6.35. The van der Waals surface area contributed by atoms with E-state index in [2.05, 4.69) is 14.8 Å². The molecule has 3 aliphatic heterocycles. The summed E-state index contributed by atoms with van der Waals surface area (Å²) in [6, 6.07) is 6.57. The van der Waals surface area contributed by atoms with Crippen LogP contribution < -0.4 is 4.90 Å². The third-order valence-electron chi connectivity index (χ3n) is 6.33. The maximum Gasteiger partial charge on any atom is 0.225 e. The van der Waals surface area contributed by atoms with Crippen LogP contribution in [0.3, 0.4) is 0 Å². The Bertz CT molecular complexity index is 743. The van der Waals surface area contributed by atoms with Gasteiger partial charge in [-0.05, 0) is 56.7 Å². The number of nitrogens with zero attached hydrogens (tertiary/aromatic N) is 4. The van der Waals surface area contributed by atoms with Gasteiger partial charge in [-0.15, -0.1) is 0 Å². The Balaban J connectivity index is 1.32. The van der Waals surface area contributed by atoms with Gasteiger partial charge < -0.3 is 14.4 Å². The van der Waals surface area contributed by atoms with Crippen LogP contribution in [-0.4, -0.2) is 45.1 Å². The number of hydrogen-bond acceptors (Lipinski definition) is 6. The largest absolute Gasteiger partial charge is 0.466 e. The van der Waals surface area contributed by atoms with Crippen LogP contribution in [0.5, 0.6) is 0 Å². The Hall–Kier alpha value is -1.92. The lowest BCUT2D eigenvalue weighted by Gasteiger charge is -2.42. The maximum atomic E-state index is 11.1. The highest BCUT2D eigenvalue weighted by atomic mass is 16.4. The van der Waals surface area contributed by atoms with Crippen LogP contribution in [-0.2, 0) is 12.1 Å². The molecule has 6 heteroatoms. The van der Waals surface area contributed by atoms with Gasteiger partial charge in [0.2, 0.25) is 5.95 Å². The fraction of sp³-hybridized carbons (Fsp3) is 0.600. The molecule has 1 N–H and O–H groups in total. The molecule has 6 nitrogen and oxygen atoms in total. The van der Waals surface area contributed by atoms with E-state index in [1.54, 1.807) is 6.26 Å². The number of hydrogen-bond donors (Lipinski definition) is 1. The van der Waals surface area contributed by atoms with Crippen molar-refractivity contribution in [1.82, 2.24) is 14.9 Å². The molecule has 2 aromatic rings. The molecule has 138 valence electrons. The molecule has 0 radical (unpaired) electrons. The summed E-state index contributed by atoms with van der Waals surface area (Å²) in [5, 5.41) is 11.1. The zero-order valence-corrected chi connectivity index (χ0v) is 15.0. The Kier molecular flexibility index (Phi) is 3.98. The van der Waals surface area contributed by atoms with Crippen molar-refractivity contribution < 1.29 is 9.52 Å². The average Bonchev–Trinajstić information content (AvgIpc) is 3.39. The Morgan fingerprint density at radius 1 is 1.15 bits per heavy atom. The molecule has 2 aromatic heterocycles. The average molecular weight is 354 g/mol. The molecule has 0 amide bonds. The smallest absolute Gasteiger partial charge is 0.225 e. The van der Waals surface area contributed by atoms with Gasteiger partial charge in [0.25, 0.3) is 0 Å². The van der Waals surface area contributed by atoms with Gasteiger partial charge in [-0.3, -0.25) is 4.90 Å². The van der Waals surface area contributed by atoms with Gasteiger partial charge >= 0.3 is 0 Å². The fourth-order valence-electron chi connectivity index (χ4n) is 5.05. The SMILES string of the molecule is OC1(c2ccco2)C[C@@H]2CC[C@@H](C1)N2Cc1ccnc(N2CCCC2)n1. The van der Waals surface area contributed by atoms with E-state index >= 15 is 0 Å². The monoisotopic (exact) mass is 354 g/mol. The highest BCUT2D eigenvalue weighted by Gasteiger charge is 2.49. The Morgan fingerprint density at radius 3 is 2.62 bits per heavy atom. The predicted molar refractivity (Wildman–Crippen MR) is 97.7 cm³/mol. The van der Waals surface area contributed by atoms with Gasteiger partial charge in [0.15, 0.2) is 0 Å². The van der Waals surface area contributed by atoms with E-state index in [0.717, 1.165) is 57.0 Å². The molecule has 5 rings (SSSR count). The number of furan rings is 1. The minimum atomic E-state index is -0.821. The van der Waals surface area contributed by atoms with Gasteiger partial charge in [-0.25, -0.2) is 9.97 Å². The first kappa shape index (κ1) is 16.3. The first-order valence-corrected chi connectivity index (χ1v) is 9.80. The summed E-state index contributed by atoms with van der Waals surface area (Å²) in [6.45, 7) is 2.97. The van der Waals surface area contributed by atoms with E-state index in [0.29, 0.717) is 17.8 Å². The second-order valence-electron chi connectivity index (χ2n) is 8.02. The molecule has 3 saturated heterocycles. The number of aromatic nitrogens is 2. The Labute approximate surface area is 153 Å². The van der Waals surface area contributed by atoms with Gasteiger partial charge in [0.05, 0.1) is 12.0 Å². The van der Waals surface area contributed by atoms with Gasteiger partial charge in [-0.2, -0.15) is 0 Å². The molecule has 3 aliphatic rings. The third kappa shape index (κ3) is 2.81. The molecule has 5 heterocycles. The topological polar surface area (TPSA) is 65.6 Å². The van der Waals surface area contributed by atoms with E-state index < -0.39 is 5.60 Å². The maximum absolute atomic E-state index is 11.1. The molecule has 0 spiro atoms. The van der Waals surface area contributed by atoms with Crippen molar-refractivity contribution in [2.75, 3.05) is 18.0 Å². The summed E-state index contributed by atoms with van der Waals surface area (Å²) in [6.07, 6.45) is 9.76. The molecule has 2 atom stereocenters. The lowest BCUT2D eigenvalue weighted by atomic mass is 9.84. The van der Waals surface area contributed by atoms with Crippen molar-refractivity contribution >= 4 is 5.95 Å². The van der Waals surface area contributed by atoms with Crippen molar-refractivity contribution in [2.24, 2.45) is 0 Å². The van der Waals surface area contributed by atoms with Crippen molar-refractivity contribution in [3.05, 3.63) is 42.1 Å². The molecule has 0 saturated carbocycles. The number of fused-ring (bicyclic) bond motifs is 2. The zero-order valence-electron chi connectivity index (χ0n) is 15.0. The van der Waals surface area contributed by atoms with Crippen LogP contribution in [0.1, 0.15) is 50.0 Å². The van der Waals surface area contributed by atoms with E-state index in [4.69, 9.17) is 9.40 Å². The van der Waals surface area contributed by atoms with Crippen LogP contribution >= 0.6 is 0 Å². The predicted octanol–water partition coefficient (Wildman–Crippen LogP) is 2.68. The van der Waals surface area contributed by atoms with Crippen LogP contribution in [0.2, 0.25) is 0 Å². The van der Waals surface area contributed by atoms with Crippen molar-refractivity contribution in [3.63, 3.8) is 0 Å². The number of anilines is 1. The van der Waals surface area contributed by atoms with Gasteiger partial charge in [-0.1, -0.05) is 0 Å². The lowest BCUT2D eigenvalue weighted by Crippen LogP contribution is -2.49. The molecule has 0 aromatic carbocycles. The molecule has 3 fully saturated rings. The first-order valence-electron chi connectivity index (χ1n) is 9.80. The molecule has 0 unspecified atom stereocenters. The van der Waals surface area contributed by atoms with Crippen LogP contribution in [0.4, 0.5) is 5.95 Å². The summed E-state index contributed by atoms with van der Waals surface area (Å²) in [5.74, 6) is 1.59. The second-order valence-corrected chi connectivity index (χ2v) is 8.02. The summed E-state index contributed by atoms with van der Waals surface area (Å²) in [4.78, 5) is 14.1.